The number of anilines is 1. The molecule has 0 radical (unpaired) electrons. The molecule has 0 amide bonds. The fraction of sp³-hybridized carbons (Fsp3) is 0.625. The van der Waals surface area contributed by atoms with Crippen LogP contribution in [-0.2, 0) is 0 Å². The molecular weight excluding hydrogens is 332 g/mol. The molecule has 4 nitrogen and oxygen atoms in total. The molecule has 1 fully saturated rings. The topological polar surface area (TPSA) is 55.2 Å². The first kappa shape index (κ1) is 16.3. The molecule has 116 valence electrons. The first-order valence-electron chi connectivity index (χ1n) is 7.59. The quantitative estimate of drug-likeness (QED) is 0.590. The first-order valence-corrected chi connectivity index (χ1v) is 8.39. The number of hydrogen-bond acceptors (Lipinski definition) is 3. The van der Waals surface area contributed by atoms with E-state index in [9.17, 15) is 10.1 Å². The second-order valence-corrected chi connectivity index (χ2v) is 7.23. The van der Waals surface area contributed by atoms with Gasteiger partial charge in [-0.15, -0.1) is 0 Å². The Balaban J connectivity index is 2.07. The predicted octanol–water partition coefficient (Wildman–Crippen LogP) is 5.29. The minimum absolute atomic E-state index is 0.177. The fourth-order valence-electron chi connectivity index (χ4n) is 3.12. The molecule has 1 aliphatic carbocycles. The van der Waals surface area contributed by atoms with E-state index in [4.69, 9.17) is 0 Å². The molecule has 0 spiro atoms. The number of rotatable bonds is 4. The van der Waals surface area contributed by atoms with Crippen LogP contribution in [0.5, 0.6) is 0 Å². The lowest BCUT2D eigenvalue weighted by Crippen LogP contribution is -2.28. The van der Waals surface area contributed by atoms with Crippen LogP contribution in [0.15, 0.2) is 16.6 Å². The number of nitro groups is 1. The maximum absolute atomic E-state index is 11.1. The summed E-state index contributed by atoms with van der Waals surface area (Å²) < 4.78 is 0.900. The maximum atomic E-state index is 11.1. The molecule has 1 aliphatic rings. The number of benzene rings is 1. The van der Waals surface area contributed by atoms with E-state index < -0.39 is 0 Å². The number of nitrogens with one attached hydrogen (secondary N) is 1. The SMILES string of the molecule is Cc1cc(Br)c(NC2CCC(C(C)C)CC2)cc1[N+](=O)[O-]. The van der Waals surface area contributed by atoms with Gasteiger partial charge in [-0.3, -0.25) is 10.1 Å². The van der Waals surface area contributed by atoms with E-state index in [1.807, 2.05) is 6.07 Å². The van der Waals surface area contributed by atoms with Crippen LogP contribution in [0.4, 0.5) is 11.4 Å². The van der Waals surface area contributed by atoms with Gasteiger partial charge in [0.1, 0.15) is 0 Å². The van der Waals surface area contributed by atoms with Crippen molar-refractivity contribution < 1.29 is 4.92 Å². The molecule has 1 saturated carbocycles. The minimum atomic E-state index is -0.317. The molecule has 1 N–H and O–H groups in total. The van der Waals surface area contributed by atoms with Crippen molar-refractivity contribution in [3.05, 3.63) is 32.3 Å². The maximum Gasteiger partial charge on any atom is 0.274 e. The Morgan fingerprint density at radius 1 is 1.29 bits per heavy atom. The van der Waals surface area contributed by atoms with Gasteiger partial charge in [-0.25, -0.2) is 0 Å². The Bertz CT molecular complexity index is 523. The Hall–Kier alpha value is -1.10. The van der Waals surface area contributed by atoms with Crippen molar-refractivity contribution in [1.29, 1.82) is 0 Å². The van der Waals surface area contributed by atoms with Gasteiger partial charge in [-0.2, -0.15) is 0 Å². The largest absolute Gasteiger partial charge is 0.381 e. The molecule has 21 heavy (non-hydrogen) atoms. The Kier molecular flexibility index (Phi) is 5.25. The summed E-state index contributed by atoms with van der Waals surface area (Å²) in [5, 5.41) is 14.5. The molecule has 0 saturated heterocycles. The van der Waals surface area contributed by atoms with Crippen LogP contribution >= 0.6 is 15.9 Å². The van der Waals surface area contributed by atoms with E-state index in [0.29, 0.717) is 11.6 Å². The minimum Gasteiger partial charge on any atom is -0.381 e. The van der Waals surface area contributed by atoms with Crippen molar-refractivity contribution in [2.24, 2.45) is 11.8 Å². The van der Waals surface area contributed by atoms with Gasteiger partial charge in [0.05, 0.1) is 10.6 Å². The lowest BCUT2D eigenvalue weighted by Gasteiger charge is -2.32. The molecular formula is C16H23BrN2O2. The monoisotopic (exact) mass is 354 g/mol. The highest BCUT2D eigenvalue weighted by atomic mass is 79.9. The van der Waals surface area contributed by atoms with Crippen LogP contribution in [0.3, 0.4) is 0 Å². The molecule has 0 atom stereocenters. The highest BCUT2D eigenvalue weighted by Gasteiger charge is 2.24. The third kappa shape index (κ3) is 3.96. The van der Waals surface area contributed by atoms with Crippen molar-refractivity contribution in [3.63, 3.8) is 0 Å². The summed E-state index contributed by atoms with van der Waals surface area (Å²) >= 11 is 3.51. The molecule has 0 unspecified atom stereocenters. The first-order chi connectivity index (χ1) is 9.88. The Labute approximate surface area is 134 Å². The van der Waals surface area contributed by atoms with Gasteiger partial charge in [0, 0.05) is 22.1 Å². The van der Waals surface area contributed by atoms with E-state index in [1.54, 1.807) is 13.0 Å². The highest BCUT2D eigenvalue weighted by Crippen LogP contribution is 2.35. The van der Waals surface area contributed by atoms with Gasteiger partial charge in [0.25, 0.3) is 5.69 Å². The standard InChI is InChI=1S/C16H23BrN2O2/c1-10(2)12-4-6-13(7-5-12)18-15-9-16(19(20)21)11(3)8-14(15)17/h8-10,12-13,18H,4-7H2,1-3H3. The molecule has 1 aromatic carbocycles. The van der Waals surface area contributed by atoms with Crippen LogP contribution in [-0.4, -0.2) is 11.0 Å². The summed E-state index contributed by atoms with van der Waals surface area (Å²) in [6.45, 7) is 6.34. The summed E-state index contributed by atoms with van der Waals surface area (Å²) in [6, 6.07) is 3.88. The van der Waals surface area contributed by atoms with E-state index in [2.05, 4.69) is 35.1 Å². The van der Waals surface area contributed by atoms with Crippen molar-refractivity contribution in [1.82, 2.24) is 0 Å². The number of aryl methyl sites for hydroxylation is 1. The molecule has 2 rings (SSSR count). The van der Waals surface area contributed by atoms with Crippen molar-refractivity contribution in [2.75, 3.05) is 5.32 Å². The van der Waals surface area contributed by atoms with Crippen LogP contribution < -0.4 is 5.32 Å². The number of nitro benzene ring substituents is 1. The zero-order chi connectivity index (χ0) is 15.6. The second kappa shape index (κ2) is 6.77. The van der Waals surface area contributed by atoms with Gasteiger partial charge in [0.15, 0.2) is 0 Å². The van der Waals surface area contributed by atoms with Crippen LogP contribution in [0.1, 0.15) is 45.1 Å². The average molecular weight is 355 g/mol. The lowest BCUT2D eigenvalue weighted by atomic mass is 9.79. The molecule has 5 heteroatoms. The summed E-state index contributed by atoms with van der Waals surface area (Å²) in [5.41, 5.74) is 1.69. The zero-order valence-electron chi connectivity index (χ0n) is 12.9. The van der Waals surface area contributed by atoms with Gasteiger partial charge in [0.2, 0.25) is 0 Å². The average Bonchev–Trinajstić information content (AvgIpc) is 2.42. The van der Waals surface area contributed by atoms with Gasteiger partial charge < -0.3 is 5.32 Å². The van der Waals surface area contributed by atoms with Crippen LogP contribution in [0.25, 0.3) is 0 Å². The summed E-state index contributed by atoms with van der Waals surface area (Å²) in [6.07, 6.45) is 4.75. The van der Waals surface area contributed by atoms with Crippen LogP contribution in [0, 0.1) is 28.9 Å². The summed E-state index contributed by atoms with van der Waals surface area (Å²) in [4.78, 5) is 10.7. The third-order valence-electron chi connectivity index (χ3n) is 4.56. The number of nitrogens with zero attached hydrogens (tertiary/aromatic N) is 1. The molecule has 0 aliphatic heterocycles. The number of hydrogen-bond donors (Lipinski definition) is 1. The van der Waals surface area contributed by atoms with Crippen molar-refractivity contribution in [3.8, 4) is 0 Å². The van der Waals surface area contributed by atoms with E-state index in [0.717, 1.165) is 34.8 Å². The third-order valence-corrected chi connectivity index (χ3v) is 5.21. The Morgan fingerprint density at radius 3 is 2.43 bits per heavy atom. The molecule has 0 aromatic heterocycles. The van der Waals surface area contributed by atoms with Crippen molar-refractivity contribution >= 4 is 27.3 Å². The second-order valence-electron chi connectivity index (χ2n) is 6.38. The molecule has 1 aromatic rings. The zero-order valence-corrected chi connectivity index (χ0v) is 14.4. The van der Waals surface area contributed by atoms with E-state index in [1.165, 1.54) is 12.8 Å². The van der Waals surface area contributed by atoms with Gasteiger partial charge in [-0.05, 0) is 66.4 Å². The Morgan fingerprint density at radius 2 is 1.90 bits per heavy atom. The van der Waals surface area contributed by atoms with Crippen molar-refractivity contribution in [2.45, 2.75) is 52.5 Å². The smallest absolute Gasteiger partial charge is 0.274 e. The lowest BCUT2D eigenvalue weighted by molar-refractivity contribution is -0.385. The predicted molar refractivity (Wildman–Crippen MR) is 89.7 cm³/mol. The summed E-state index contributed by atoms with van der Waals surface area (Å²) in [5.74, 6) is 1.57. The molecule has 0 bridgehead atoms. The fourth-order valence-corrected chi connectivity index (χ4v) is 3.69. The van der Waals surface area contributed by atoms with E-state index in [-0.39, 0.29) is 10.6 Å². The molecule has 0 heterocycles. The van der Waals surface area contributed by atoms with Crippen LogP contribution in [0.2, 0.25) is 0 Å². The normalized spacial score (nSPS) is 22.3. The summed E-state index contributed by atoms with van der Waals surface area (Å²) in [7, 11) is 0. The number of halogens is 1. The highest BCUT2D eigenvalue weighted by molar-refractivity contribution is 9.10. The van der Waals surface area contributed by atoms with Gasteiger partial charge in [-0.1, -0.05) is 13.8 Å². The van der Waals surface area contributed by atoms with E-state index >= 15 is 0 Å². The van der Waals surface area contributed by atoms with Gasteiger partial charge >= 0.3 is 0 Å².